The number of benzene rings is 3. The third kappa shape index (κ3) is 2.68. The number of hydrogen-bond donors (Lipinski definition) is 0. The molecule has 3 heteroatoms. The fraction of sp³-hybridized carbons (Fsp3) is 0.0833. The second kappa shape index (κ2) is 6.36. The van der Waals surface area contributed by atoms with Crippen molar-refractivity contribution in [1.82, 2.24) is 14.8 Å². The van der Waals surface area contributed by atoms with Crippen LogP contribution in [-0.4, -0.2) is 14.8 Å². The van der Waals surface area contributed by atoms with Crippen molar-refractivity contribution in [3.05, 3.63) is 89.6 Å². The highest BCUT2D eigenvalue weighted by Gasteiger charge is 2.20. The molecule has 1 heterocycles. The Labute approximate surface area is 157 Å². The predicted molar refractivity (Wildman–Crippen MR) is 111 cm³/mol. The summed E-state index contributed by atoms with van der Waals surface area (Å²) in [6, 6.07) is 23.2. The van der Waals surface area contributed by atoms with Gasteiger partial charge in [-0.25, -0.2) is 0 Å². The van der Waals surface area contributed by atoms with E-state index in [2.05, 4.69) is 95.7 Å². The summed E-state index contributed by atoms with van der Waals surface area (Å²) in [6.45, 7) is 4.01. The van der Waals surface area contributed by atoms with Crippen molar-refractivity contribution < 1.29 is 0 Å². The lowest BCUT2D eigenvalue weighted by molar-refractivity contribution is 0.801. The summed E-state index contributed by atoms with van der Waals surface area (Å²) in [4.78, 5) is 0. The second-order valence-corrected chi connectivity index (χ2v) is 6.84. The van der Waals surface area contributed by atoms with Crippen LogP contribution in [-0.2, 0) is 0 Å². The van der Waals surface area contributed by atoms with Crippen molar-refractivity contribution in [2.24, 2.45) is 0 Å². The summed E-state index contributed by atoms with van der Waals surface area (Å²) in [5.74, 6) is 1.96. The Bertz CT molecular complexity index is 1280. The largest absolute Gasteiger partial charge is 0.286 e. The van der Waals surface area contributed by atoms with Crippen LogP contribution in [0.2, 0.25) is 0 Å². The molecule has 0 N–H and O–H groups in total. The van der Waals surface area contributed by atoms with Gasteiger partial charge in [0.25, 0.3) is 0 Å². The molecule has 0 radical (unpaired) electrons. The molecule has 27 heavy (non-hydrogen) atoms. The van der Waals surface area contributed by atoms with Crippen LogP contribution in [0.5, 0.6) is 0 Å². The van der Waals surface area contributed by atoms with Gasteiger partial charge in [-0.3, -0.25) is 4.57 Å². The summed E-state index contributed by atoms with van der Waals surface area (Å²) in [5.41, 5.74) is 1.05. The maximum Gasteiger partial charge on any atom is 0.168 e. The monoisotopic (exact) mass is 349 g/mol. The van der Waals surface area contributed by atoms with Crippen LogP contribution in [0.15, 0.2) is 73.3 Å². The van der Waals surface area contributed by atoms with Crippen LogP contribution in [0.25, 0.3) is 40.5 Å². The smallest absolute Gasteiger partial charge is 0.168 e. The van der Waals surface area contributed by atoms with Crippen LogP contribution in [0.4, 0.5) is 0 Å². The van der Waals surface area contributed by atoms with E-state index < -0.39 is 0 Å². The van der Waals surface area contributed by atoms with Gasteiger partial charge in [-0.1, -0.05) is 79.4 Å². The maximum atomic E-state index is 4.53. The van der Waals surface area contributed by atoms with Gasteiger partial charge in [-0.05, 0) is 33.7 Å². The van der Waals surface area contributed by atoms with Crippen LogP contribution in [0.3, 0.4) is 0 Å². The summed E-state index contributed by atoms with van der Waals surface area (Å²) in [7, 11) is 0. The Morgan fingerprint density at radius 1 is 0.889 bits per heavy atom. The highest BCUT2D eigenvalue weighted by molar-refractivity contribution is 5.86. The van der Waals surface area contributed by atoms with Crippen LogP contribution >= 0.6 is 0 Å². The first kappa shape index (κ1) is 15.8. The third-order valence-electron chi connectivity index (χ3n) is 5.21. The molecule has 3 aromatic carbocycles. The maximum absolute atomic E-state index is 4.53. The van der Waals surface area contributed by atoms with Crippen molar-refractivity contribution in [3.8, 4) is 11.4 Å². The molecule has 1 atom stereocenters. The Hall–Kier alpha value is -3.46. The van der Waals surface area contributed by atoms with E-state index in [9.17, 15) is 0 Å². The van der Waals surface area contributed by atoms with Gasteiger partial charge in [-0.15, -0.1) is 10.2 Å². The van der Waals surface area contributed by atoms with Gasteiger partial charge in [0.1, 0.15) is 5.82 Å². The zero-order valence-electron chi connectivity index (χ0n) is 14.9. The highest BCUT2D eigenvalue weighted by atomic mass is 15.3. The molecule has 1 aliphatic carbocycles. The molecule has 1 aliphatic rings. The second-order valence-electron chi connectivity index (χ2n) is 6.84. The van der Waals surface area contributed by atoms with Crippen molar-refractivity contribution in [2.75, 3.05) is 0 Å². The minimum Gasteiger partial charge on any atom is -0.286 e. The van der Waals surface area contributed by atoms with Gasteiger partial charge in [-0.2, -0.15) is 0 Å². The minimum atomic E-state index is 0.194. The van der Waals surface area contributed by atoms with E-state index in [1.807, 2.05) is 10.8 Å². The standard InChI is InChI=1S/C24H19N3/c1-2-27-23(21-13-11-17-7-3-5-9-19(17)15-21)25-26-24(27)22-14-12-18-8-4-6-10-20(18)16-22/h2-13,15-16,22H,1,14H2. The summed E-state index contributed by atoms with van der Waals surface area (Å²) in [6.07, 6.45) is 7.29. The van der Waals surface area contributed by atoms with E-state index >= 15 is 0 Å². The zero-order chi connectivity index (χ0) is 18.2. The van der Waals surface area contributed by atoms with Crippen molar-refractivity contribution >= 4 is 29.1 Å². The van der Waals surface area contributed by atoms with E-state index in [0.717, 1.165) is 23.6 Å². The van der Waals surface area contributed by atoms with E-state index in [1.165, 1.54) is 21.2 Å². The van der Waals surface area contributed by atoms with Gasteiger partial charge >= 0.3 is 0 Å². The molecule has 0 bridgehead atoms. The molecule has 0 fully saturated rings. The first-order valence-electron chi connectivity index (χ1n) is 9.17. The number of nitrogens with zero attached hydrogens (tertiary/aromatic N) is 3. The van der Waals surface area contributed by atoms with Gasteiger partial charge in [0.2, 0.25) is 0 Å². The summed E-state index contributed by atoms with van der Waals surface area (Å²) in [5, 5.41) is 14.0. The van der Waals surface area contributed by atoms with Gasteiger partial charge in [0.15, 0.2) is 5.82 Å². The molecule has 130 valence electrons. The van der Waals surface area contributed by atoms with Crippen LogP contribution in [0, 0.1) is 0 Å². The molecule has 1 unspecified atom stereocenters. The lowest BCUT2D eigenvalue weighted by atomic mass is 9.96. The van der Waals surface area contributed by atoms with E-state index in [1.54, 1.807) is 0 Å². The first-order valence-corrected chi connectivity index (χ1v) is 9.17. The van der Waals surface area contributed by atoms with Crippen LogP contribution in [0.1, 0.15) is 18.2 Å². The number of aromatic nitrogens is 3. The molecule has 0 saturated heterocycles. The molecular formula is C24H19N3. The van der Waals surface area contributed by atoms with E-state index in [0.29, 0.717) is 0 Å². The normalized spacial score (nSPS) is 15.6. The Morgan fingerprint density at radius 3 is 2.52 bits per heavy atom. The minimum absolute atomic E-state index is 0.194. The van der Waals surface area contributed by atoms with E-state index in [-0.39, 0.29) is 5.92 Å². The molecule has 3 nitrogen and oxygen atoms in total. The molecule has 0 saturated carbocycles. The molecular weight excluding hydrogens is 330 g/mol. The number of fused-ring (bicyclic) bond motifs is 2. The lowest BCUT2D eigenvalue weighted by Gasteiger charge is -2.14. The van der Waals surface area contributed by atoms with Gasteiger partial charge < -0.3 is 0 Å². The third-order valence-corrected chi connectivity index (χ3v) is 5.21. The van der Waals surface area contributed by atoms with Crippen LogP contribution < -0.4 is 10.4 Å². The fourth-order valence-corrected chi connectivity index (χ4v) is 3.83. The summed E-state index contributed by atoms with van der Waals surface area (Å²) >= 11 is 0. The quantitative estimate of drug-likeness (QED) is 0.561. The Morgan fingerprint density at radius 2 is 1.67 bits per heavy atom. The van der Waals surface area contributed by atoms with Gasteiger partial charge in [0.05, 0.1) is 0 Å². The lowest BCUT2D eigenvalue weighted by Crippen LogP contribution is -2.28. The molecule has 5 rings (SSSR count). The SMILES string of the molecule is C=Cn1c(-c2ccc3ccccc3c2)nnc1C1C=c2ccccc2=CC1. The van der Waals surface area contributed by atoms with Crippen molar-refractivity contribution in [3.63, 3.8) is 0 Å². The molecule has 0 spiro atoms. The fourth-order valence-electron chi connectivity index (χ4n) is 3.83. The number of rotatable bonds is 3. The van der Waals surface area contributed by atoms with Gasteiger partial charge in [0, 0.05) is 17.7 Å². The molecule has 0 aliphatic heterocycles. The Kier molecular flexibility index (Phi) is 3.72. The van der Waals surface area contributed by atoms with Crippen molar-refractivity contribution in [2.45, 2.75) is 12.3 Å². The van der Waals surface area contributed by atoms with E-state index in [4.69, 9.17) is 0 Å². The zero-order valence-corrected chi connectivity index (χ0v) is 14.9. The predicted octanol–water partition coefficient (Wildman–Crippen LogP) is 3.95. The number of hydrogen-bond acceptors (Lipinski definition) is 2. The molecule has 0 amide bonds. The first-order chi connectivity index (χ1) is 13.3. The van der Waals surface area contributed by atoms with Crippen molar-refractivity contribution in [1.29, 1.82) is 0 Å². The Balaban J connectivity index is 1.61. The summed E-state index contributed by atoms with van der Waals surface area (Å²) < 4.78 is 2.02. The average Bonchev–Trinajstić information content (AvgIpc) is 3.17. The molecule has 1 aromatic heterocycles. The highest BCUT2D eigenvalue weighted by Crippen LogP contribution is 2.28. The average molecular weight is 349 g/mol. The molecule has 4 aromatic rings. The topological polar surface area (TPSA) is 30.7 Å².